The molecule has 1 aromatic heterocycles. The number of hydrogen-bond donors (Lipinski definition) is 1. The number of aromatic amines is 1. The van der Waals surface area contributed by atoms with Crippen LogP contribution in [0.2, 0.25) is 5.02 Å². The fourth-order valence-corrected chi connectivity index (χ4v) is 2.55. The first-order chi connectivity index (χ1) is 12.9. The molecule has 1 N–H and O–H groups in total. The van der Waals surface area contributed by atoms with Crippen LogP contribution in [0.25, 0.3) is 0 Å². The Hall–Kier alpha value is -2.42. The molecule has 2 aromatic rings. The third kappa shape index (κ3) is 7.30. The Morgan fingerprint density at radius 3 is 2.54 bits per heavy atom. The highest BCUT2D eigenvalue weighted by molar-refractivity contribution is 6.32. The average molecular weight is 420 g/mol. The number of carbonyl (C=O) groups is 1. The molecule has 0 atom stereocenters. The summed E-state index contributed by atoms with van der Waals surface area (Å²) in [4.78, 5) is 20.9. The Morgan fingerprint density at radius 1 is 1.29 bits per heavy atom. The lowest BCUT2D eigenvalue weighted by Crippen LogP contribution is -2.37. The molecule has 0 bridgehead atoms. The predicted octanol–water partition coefficient (Wildman–Crippen LogP) is 4.94. The van der Waals surface area contributed by atoms with Crippen LogP contribution in [0.1, 0.15) is 32.0 Å². The standard InChI is InChI=1S/C18H21ClF3N3O3/c1-17(2,3)28-16(26)25(7-6-13-9-23-11-24-13)10-12-4-5-15(14(19)8-12)27-18(20,21)22/h4-5,8-9,11H,6-7,10H2,1-3H3,(H,23,24). The van der Waals surface area contributed by atoms with Crippen molar-refractivity contribution in [3.05, 3.63) is 47.0 Å². The first-order valence-electron chi connectivity index (χ1n) is 8.43. The minimum absolute atomic E-state index is 0.103. The van der Waals surface area contributed by atoms with Gasteiger partial charge >= 0.3 is 12.5 Å². The van der Waals surface area contributed by atoms with Crippen molar-refractivity contribution in [2.75, 3.05) is 6.54 Å². The summed E-state index contributed by atoms with van der Waals surface area (Å²) < 4.78 is 46.4. The van der Waals surface area contributed by atoms with Crippen LogP contribution in [-0.2, 0) is 17.7 Å². The van der Waals surface area contributed by atoms with Gasteiger partial charge < -0.3 is 19.4 Å². The van der Waals surface area contributed by atoms with Gasteiger partial charge in [0.1, 0.15) is 11.4 Å². The van der Waals surface area contributed by atoms with Crippen molar-refractivity contribution in [3.63, 3.8) is 0 Å². The number of halogens is 4. The van der Waals surface area contributed by atoms with Crippen LogP contribution in [0, 0.1) is 0 Å². The van der Waals surface area contributed by atoms with E-state index in [4.69, 9.17) is 16.3 Å². The van der Waals surface area contributed by atoms with Crippen LogP contribution >= 0.6 is 11.6 Å². The minimum atomic E-state index is -4.84. The third-order valence-corrected chi connectivity index (χ3v) is 3.74. The van der Waals surface area contributed by atoms with E-state index in [1.165, 1.54) is 23.4 Å². The molecule has 0 radical (unpaired) electrons. The lowest BCUT2D eigenvalue weighted by molar-refractivity contribution is -0.274. The van der Waals surface area contributed by atoms with E-state index >= 15 is 0 Å². The Labute approximate surface area is 165 Å². The van der Waals surface area contributed by atoms with Crippen molar-refractivity contribution in [1.29, 1.82) is 0 Å². The molecule has 0 aliphatic carbocycles. The number of ether oxygens (including phenoxy) is 2. The van der Waals surface area contributed by atoms with E-state index in [0.29, 0.717) is 18.5 Å². The summed E-state index contributed by atoms with van der Waals surface area (Å²) in [6.45, 7) is 5.65. The van der Waals surface area contributed by atoms with E-state index < -0.39 is 23.8 Å². The highest BCUT2D eigenvalue weighted by atomic mass is 35.5. The molecule has 0 aliphatic heterocycles. The summed E-state index contributed by atoms with van der Waals surface area (Å²) in [6.07, 6.45) is -1.65. The number of aromatic nitrogens is 2. The second-order valence-corrected chi connectivity index (χ2v) is 7.43. The van der Waals surface area contributed by atoms with E-state index in [1.54, 1.807) is 27.0 Å². The Morgan fingerprint density at radius 2 is 2.00 bits per heavy atom. The second-order valence-electron chi connectivity index (χ2n) is 7.03. The smallest absolute Gasteiger partial charge is 0.444 e. The lowest BCUT2D eigenvalue weighted by atomic mass is 10.2. The van der Waals surface area contributed by atoms with Crippen LogP contribution in [0.3, 0.4) is 0 Å². The quantitative estimate of drug-likeness (QED) is 0.720. The van der Waals surface area contributed by atoms with Crippen molar-refractivity contribution in [1.82, 2.24) is 14.9 Å². The molecule has 154 valence electrons. The molecule has 10 heteroatoms. The molecular formula is C18H21ClF3N3O3. The molecule has 0 unspecified atom stereocenters. The Kier molecular flexibility index (Phi) is 6.82. The third-order valence-electron chi connectivity index (χ3n) is 3.44. The van der Waals surface area contributed by atoms with Crippen molar-refractivity contribution in [2.45, 2.75) is 45.7 Å². The van der Waals surface area contributed by atoms with E-state index in [0.717, 1.165) is 11.8 Å². The van der Waals surface area contributed by atoms with Gasteiger partial charge in [-0.25, -0.2) is 9.78 Å². The summed E-state index contributed by atoms with van der Waals surface area (Å²) >= 11 is 5.89. The molecule has 0 spiro atoms. The fourth-order valence-electron chi connectivity index (χ4n) is 2.31. The largest absolute Gasteiger partial charge is 0.573 e. The number of alkyl halides is 3. The van der Waals surface area contributed by atoms with Crippen molar-refractivity contribution in [2.24, 2.45) is 0 Å². The number of nitrogens with zero attached hydrogens (tertiary/aromatic N) is 2. The van der Waals surface area contributed by atoms with E-state index in [2.05, 4.69) is 14.7 Å². The van der Waals surface area contributed by atoms with Gasteiger partial charge in [0, 0.05) is 25.7 Å². The van der Waals surface area contributed by atoms with Crippen LogP contribution in [0.4, 0.5) is 18.0 Å². The predicted molar refractivity (Wildman–Crippen MR) is 97.1 cm³/mol. The zero-order valence-electron chi connectivity index (χ0n) is 15.6. The monoisotopic (exact) mass is 419 g/mol. The number of rotatable bonds is 6. The minimum Gasteiger partial charge on any atom is -0.444 e. The number of benzene rings is 1. The highest BCUT2D eigenvalue weighted by Gasteiger charge is 2.32. The van der Waals surface area contributed by atoms with Gasteiger partial charge in [0.2, 0.25) is 0 Å². The highest BCUT2D eigenvalue weighted by Crippen LogP contribution is 2.31. The number of imidazole rings is 1. The second kappa shape index (κ2) is 8.72. The van der Waals surface area contributed by atoms with Crippen molar-refractivity contribution >= 4 is 17.7 Å². The van der Waals surface area contributed by atoms with Gasteiger partial charge in [0.25, 0.3) is 0 Å². The molecule has 0 aliphatic rings. The zero-order chi connectivity index (χ0) is 20.9. The Balaban J connectivity index is 2.13. The molecule has 1 heterocycles. The molecule has 0 fully saturated rings. The van der Waals surface area contributed by atoms with Crippen molar-refractivity contribution < 1.29 is 27.4 Å². The van der Waals surface area contributed by atoms with Crippen LogP contribution in [0.5, 0.6) is 5.75 Å². The van der Waals surface area contributed by atoms with E-state index in [9.17, 15) is 18.0 Å². The molecule has 1 amide bonds. The van der Waals surface area contributed by atoms with Gasteiger partial charge in [0.15, 0.2) is 0 Å². The zero-order valence-corrected chi connectivity index (χ0v) is 16.4. The first kappa shape index (κ1) is 21.9. The Bertz CT molecular complexity index is 790. The molecule has 1 aromatic carbocycles. The molecular weight excluding hydrogens is 399 g/mol. The fraction of sp³-hybridized carbons (Fsp3) is 0.444. The summed E-state index contributed by atoms with van der Waals surface area (Å²) in [5, 5.41) is -0.203. The topological polar surface area (TPSA) is 67.5 Å². The van der Waals surface area contributed by atoms with E-state index in [-0.39, 0.29) is 11.6 Å². The summed E-state index contributed by atoms with van der Waals surface area (Å²) in [5.41, 5.74) is 0.608. The average Bonchev–Trinajstić information content (AvgIpc) is 3.04. The van der Waals surface area contributed by atoms with Crippen LogP contribution < -0.4 is 4.74 Å². The van der Waals surface area contributed by atoms with Gasteiger partial charge in [-0.05, 0) is 38.5 Å². The molecule has 28 heavy (non-hydrogen) atoms. The van der Waals surface area contributed by atoms with Gasteiger partial charge in [0.05, 0.1) is 17.0 Å². The molecule has 0 saturated heterocycles. The molecule has 2 rings (SSSR count). The summed E-state index contributed by atoms with van der Waals surface area (Å²) in [6, 6.07) is 3.86. The van der Waals surface area contributed by atoms with Crippen molar-refractivity contribution in [3.8, 4) is 5.75 Å². The van der Waals surface area contributed by atoms with Gasteiger partial charge in [-0.15, -0.1) is 13.2 Å². The van der Waals surface area contributed by atoms with Crippen LogP contribution in [0.15, 0.2) is 30.7 Å². The van der Waals surface area contributed by atoms with E-state index in [1.807, 2.05) is 0 Å². The number of hydrogen-bond acceptors (Lipinski definition) is 4. The number of carbonyl (C=O) groups excluding carboxylic acids is 1. The normalized spacial score (nSPS) is 12.0. The maximum atomic E-state index is 12.5. The maximum Gasteiger partial charge on any atom is 0.573 e. The van der Waals surface area contributed by atoms with Gasteiger partial charge in [-0.3, -0.25) is 0 Å². The molecule has 0 saturated carbocycles. The first-order valence-corrected chi connectivity index (χ1v) is 8.80. The number of amides is 1. The SMILES string of the molecule is CC(C)(C)OC(=O)N(CCc1c[nH]cn1)Cc1ccc(OC(F)(F)F)c(Cl)c1. The number of H-pyrrole nitrogens is 1. The summed E-state index contributed by atoms with van der Waals surface area (Å²) in [7, 11) is 0. The van der Waals surface area contributed by atoms with Crippen LogP contribution in [-0.4, -0.2) is 39.5 Å². The lowest BCUT2D eigenvalue weighted by Gasteiger charge is -2.27. The maximum absolute atomic E-state index is 12.5. The number of nitrogens with one attached hydrogen (secondary N) is 1. The van der Waals surface area contributed by atoms with Gasteiger partial charge in [-0.1, -0.05) is 17.7 Å². The summed E-state index contributed by atoms with van der Waals surface area (Å²) in [5.74, 6) is -0.502. The molecule has 6 nitrogen and oxygen atoms in total. The van der Waals surface area contributed by atoms with Gasteiger partial charge in [-0.2, -0.15) is 0 Å².